The van der Waals surface area contributed by atoms with Crippen LogP contribution in [0, 0.1) is 16.7 Å². The van der Waals surface area contributed by atoms with E-state index in [9.17, 15) is 10.1 Å². The van der Waals surface area contributed by atoms with Crippen LogP contribution in [0.4, 0.5) is 5.69 Å². The van der Waals surface area contributed by atoms with E-state index in [0.29, 0.717) is 34.8 Å². The zero-order valence-electron chi connectivity index (χ0n) is 16.0. The maximum atomic E-state index is 13.3. The van der Waals surface area contributed by atoms with Crippen molar-refractivity contribution in [2.45, 2.75) is 32.6 Å². The van der Waals surface area contributed by atoms with Gasteiger partial charge in [-0.15, -0.1) is 11.3 Å². The van der Waals surface area contributed by atoms with Gasteiger partial charge in [-0.3, -0.25) is 9.69 Å². The number of benzene rings is 1. The molecule has 2 N–H and O–H groups in total. The number of carbonyl (C=O) groups excluding carboxylic acids is 1. The Morgan fingerprint density at radius 1 is 1.31 bits per heavy atom. The van der Waals surface area contributed by atoms with Crippen molar-refractivity contribution in [3.8, 4) is 6.07 Å². The predicted molar refractivity (Wildman–Crippen MR) is 121 cm³/mol. The zero-order chi connectivity index (χ0) is 20.9. The molecule has 0 saturated heterocycles. The lowest BCUT2D eigenvalue weighted by Gasteiger charge is -2.43. The molecular weight excluding hydrogens is 470 g/mol. The fraction of sp³-hybridized carbons (Fsp3) is 0.273. The van der Waals surface area contributed by atoms with Gasteiger partial charge in [0.25, 0.3) is 0 Å². The topological polar surface area (TPSA) is 70.1 Å². The summed E-state index contributed by atoms with van der Waals surface area (Å²) in [5, 5.41) is 12.6. The Bertz CT molecular complexity index is 1110. The molecule has 1 aromatic heterocycles. The molecule has 0 amide bonds. The third-order valence-corrected chi connectivity index (χ3v) is 7.35. The van der Waals surface area contributed by atoms with Crippen LogP contribution >= 0.6 is 38.9 Å². The Morgan fingerprint density at radius 3 is 2.59 bits per heavy atom. The summed E-state index contributed by atoms with van der Waals surface area (Å²) in [6, 6.07) is 11.6. The van der Waals surface area contributed by atoms with Gasteiger partial charge in [-0.05, 0) is 58.1 Å². The molecule has 7 heteroatoms. The first-order chi connectivity index (χ1) is 13.7. The number of hydrogen-bond donors (Lipinski definition) is 1. The Hall–Kier alpha value is -2.07. The molecule has 0 unspecified atom stereocenters. The average molecular weight is 489 g/mol. The lowest BCUT2D eigenvalue weighted by molar-refractivity contribution is -0.118. The minimum absolute atomic E-state index is 0.0741. The number of nitriles is 1. The van der Waals surface area contributed by atoms with E-state index in [1.807, 2.05) is 28.5 Å². The molecule has 0 fully saturated rings. The van der Waals surface area contributed by atoms with Gasteiger partial charge in [0.15, 0.2) is 5.78 Å². The van der Waals surface area contributed by atoms with Crippen LogP contribution in [0.1, 0.15) is 37.5 Å². The van der Waals surface area contributed by atoms with E-state index in [-0.39, 0.29) is 11.2 Å². The van der Waals surface area contributed by atoms with Crippen molar-refractivity contribution >= 4 is 50.3 Å². The Labute approximate surface area is 187 Å². The van der Waals surface area contributed by atoms with Crippen molar-refractivity contribution < 1.29 is 4.79 Å². The van der Waals surface area contributed by atoms with E-state index in [4.69, 9.17) is 17.3 Å². The van der Waals surface area contributed by atoms with Crippen LogP contribution in [0.3, 0.4) is 0 Å². The number of rotatable bonds is 2. The molecule has 2 aliphatic rings. The molecule has 0 saturated carbocycles. The minimum Gasteiger partial charge on any atom is -0.384 e. The highest BCUT2D eigenvalue weighted by Gasteiger charge is 2.45. The molecule has 1 aromatic carbocycles. The van der Waals surface area contributed by atoms with Crippen molar-refractivity contribution in [3.63, 3.8) is 0 Å². The number of allylic oxidation sites excluding steroid dienone is 3. The van der Waals surface area contributed by atoms with Gasteiger partial charge in [0.05, 0.1) is 17.6 Å². The third-order valence-electron chi connectivity index (χ3n) is 5.34. The van der Waals surface area contributed by atoms with E-state index in [0.717, 1.165) is 20.7 Å². The molecule has 4 nitrogen and oxygen atoms in total. The fourth-order valence-corrected chi connectivity index (χ4v) is 5.85. The normalized spacial score (nSPS) is 21.3. The SMILES string of the molecule is CC1(C)CC(=O)C2=C(C1)N(c1ccc(Cl)cc1)C(N)=C(C#N)[C@H]2c1cc(Br)cs1. The molecule has 0 bridgehead atoms. The molecule has 0 spiro atoms. The molecule has 1 atom stereocenters. The summed E-state index contributed by atoms with van der Waals surface area (Å²) in [6.45, 7) is 4.18. The quantitative estimate of drug-likeness (QED) is 0.554. The monoisotopic (exact) mass is 487 g/mol. The summed E-state index contributed by atoms with van der Waals surface area (Å²) >= 11 is 11.1. The van der Waals surface area contributed by atoms with Crippen molar-refractivity contribution in [1.29, 1.82) is 5.26 Å². The minimum atomic E-state index is -0.432. The van der Waals surface area contributed by atoms with Gasteiger partial charge in [0, 0.05) is 43.1 Å². The average Bonchev–Trinajstić information content (AvgIpc) is 3.07. The van der Waals surface area contributed by atoms with Gasteiger partial charge >= 0.3 is 0 Å². The summed E-state index contributed by atoms with van der Waals surface area (Å²) in [5.74, 6) is 0.0111. The van der Waals surface area contributed by atoms with Gasteiger partial charge < -0.3 is 5.73 Å². The second kappa shape index (κ2) is 7.32. The molecule has 2 aromatic rings. The molecule has 0 radical (unpaired) electrons. The molecule has 2 heterocycles. The van der Waals surface area contributed by atoms with E-state index >= 15 is 0 Å². The number of halogens is 2. The van der Waals surface area contributed by atoms with Crippen LogP contribution in [-0.2, 0) is 4.79 Å². The summed E-state index contributed by atoms with van der Waals surface area (Å²) in [6.07, 6.45) is 1.14. The number of anilines is 1. The molecule has 1 aliphatic heterocycles. The van der Waals surface area contributed by atoms with Gasteiger partial charge in [-0.2, -0.15) is 5.26 Å². The Kier molecular flexibility index (Phi) is 5.10. The number of hydrogen-bond acceptors (Lipinski definition) is 5. The van der Waals surface area contributed by atoms with Crippen molar-refractivity contribution in [2.24, 2.45) is 11.1 Å². The number of thiophene rings is 1. The summed E-state index contributed by atoms with van der Waals surface area (Å²) in [4.78, 5) is 16.1. The second-order valence-electron chi connectivity index (χ2n) is 8.12. The first kappa shape index (κ1) is 20.2. The first-order valence-electron chi connectivity index (χ1n) is 9.17. The molecule has 148 valence electrons. The van der Waals surface area contributed by atoms with Gasteiger partial charge in [0.2, 0.25) is 0 Å². The molecular formula is C22H19BrClN3OS. The number of carbonyl (C=O) groups is 1. The number of ketones is 1. The summed E-state index contributed by atoms with van der Waals surface area (Å²) in [5.41, 5.74) is 9.14. The van der Waals surface area contributed by atoms with Crippen LogP contribution in [-0.4, -0.2) is 5.78 Å². The zero-order valence-corrected chi connectivity index (χ0v) is 19.2. The van der Waals surface area contributed by atoms with E-state index in [1.165, 1.54) is 11.3 Å². The highest BCUT2D eigenvalue weighted by Crippen LogP contribution is 2.51. The molecule has 1 aliphatic carbocycles. The first-order valence-corrected chi connectivity index (χ1v) is 11.2. The number of Topliss-reactive ketones (excluding diaryl/α,β-unsaturated/α-hetero) is 1. The molecule has 4 rings (SSSR count). The van der Waals surface area contributed by atoms with Gasteiger partial charge in [-0.25, -0.2) is 0 Å². The highest BCUT2D eigenvalue weighted by molar-refractivity contribution is 9.10. The highest BCUT2D eigenvalue weighted by atomic mass is 79.9. The van der Waals surface area contributed by atoms with Crippen LogP contribution < -0.4 is 10.6 Å². The molecule has 29 heavy (non-hydrogen) atoms. The van der Waals surface area contributed by atoms with Crippen LogP contribution in [0.2, 0.25) is 5.02 Å². The van der Waals surface area contributed by atoms with Gasteiger partial charge in [-0.1, -0.05) is 25.4 Å². The van der Waals surface area contributed by atoms with E-state index in [2.05, 4.69) is 35.8 Å². The van der Waals surface area contributed by atoms with Crippen LogP contribution in [0.5, 0.6) is 0 Å². The maximum Gasteiger partial charge on any atom is 0.162 e. The van der Waals surface area contributed by atoms with E-state index < -0.39 is 5.92 Å². The largest absolute Gasteiger partial charge is 0.384 e. The maximum absolute atomic E-state index is 13.3. The summed E-state index contributed by atoms with van der Waals surface area (Å²) in [7, 11) is 0. The Balaban J connectivity index is 1.99. The lowest BCUT2D eigenvalue weighted by atomic mass is 9.69. The standard InChI is InChI=1S/C22H19BrClN3OS/c1-22(2)8-16-20(17(28)9-22)19(18-7-12(23)11-29-18)15(10-25)21(26)27(16)14-5-3-13(24)4-6-14/h3-7,11,19H,8-9,26H2,1-2H3/t19-/m0/s1. The predicted octanol–water partition coefficient (Wildman–Crippen LogP) is 6.10. The van der Waals surface area contributed by atoms with Crippen LogP contribution in [0.25, 0.3) is 0 Å². The smallest absolute Gasteiger partial charge is 0.162 e. The number of nitrogens with two attached hydrogens (primary N) is 1. The van der Waals surface area contributed by atoms with Crippen LogP contribution in [0.15, 0.2) is 62.8 Å². The second-order valence-corrected chi connectivity index (χ2v) is 10.4. The lowest BCUT2D eigenvalue weighted by Crippen LogP contribution is -2.42. The Morgan fingerprint density at radius 2 is 2.00 bits per heavy atom. The number of nitrogens with zero attached hydrogens (tertiary/aromatic N) is 2. The van der Waals surface area contributed by atoms with Crippen molar-refractivity contribution in [1.82, 2.24) is 0 Å². The van der Waals surface area contributed by atoms with Gasteiger partial charge in [0.1, 0.15) is 5.82 Å². The fourth-order valence-electron chi connectivity index (χ4n) is 4.16. The van der Waals surface area contributed by atoms with E-state index in [1.54, 1.807) is 12.1 Å². The summed E-state index contributed by atoms with van der Waals surface area (Å²) < 4.78 is 0.930. The third kappa shape index (κ3) is 3.52. The van der Waals surface area contributed by atoms with Crippen molar-refractivity contribution in [2.75, 3.05) is 4.90 Å². The van der Waals surface area contributed by atoms with Crippen molar-refractivity contribution in [3.05, 3.63) is 72.7 Å².